The summed E-state index contributed by atoms with van der Waals surface area (Å²) in [6.45, 7) is 2.33. The van der Waals surface area contributed by atoms with E-state index < -0.39 is 10.0 Å². The number of sulfonamides is 1. The van der Waals surface area contributed by atoms with Crippen LogP contribution in [-0.2, 0) is 30.8 Å². The van der Waals surface area contributed by atoms with Crippen LogP contribution in [0.3, 0.4) is 0 Å². The van der Waals surface area contributed by atoms with E-state index in [1.807, 2.05) is 0 Å². The number of morpholine rings is 1. The molecule has 1 aromatic rings. The summed E-state index contributed by atoms with van der Waals surface area (Å²) in [7, 11) is -1.93. The number of benzene rings is 1. The smallest absolute Gasteiger partial charge is 0.243 e. The van der Waals surface area contributed by atoms with Crippen LogP contribution in [-0.4, -0.2) is 58.7 Å². The average molecular weight is 342 g/mol. The second-order valence-corrected chi connectivity index (χ2v) is 7.12. The first-order valence-electron chi connectivity index (χ1n) is 7.46. The van der Waals surface area contributed by atoms with Crippen LogP contribution in [0.4, 0.5) is 0 Å². The van der Waals surface area contributed by atoms with E-state index in [0.717, 1.165) is 5.56 Å². The number of amides is 1. The van der Waals surface area contributed by atoms with Gasteiger partial charge in [0.15, 0.2) is 0 Å². The van der Waals surface area contributed by atoms with Crippen LogP contribution in [0.2, 0.25) is 0 Å². The average Bonchev–Trinajstić information content (AvgIpc) is 2.59. The largest absolute Gasteiger partial charge is 0.384 e. The quantitative estimate of drug-likeness (QED) is 0.773. The fourth-order valence-electron chi connectivity index (χ4n) is 2.20. The Kier molecular flexibility index (Phi) is 6.52. The van der Waals surface area contributed by atoms with Gasteiger partial charge in [0.05, 0.1) is 24.7 Å². The van der Waals surface area contributed by atoms with E-state index in [1.165, 1.54) is 4.31 Å². The number of carbonyl (C=O) groups excluding carboxylic acids is 1. The van der Waals surface area contributed by atoms with Crippen molar-refractivity contribution in [1.82, 2.24) is 9.62 Å². The number of nitrogens with zero attached hydrogens (tertiary/aromatic N) is 1. The third-order valence-corrected chi connectivity index (χ3v) is 5.47. The number of ether oxygens (including phenoxy) is 2. The van der Waals surface area contributed by atoms with Gasteiger partial charge in [0.25, 0.3) is 0 Å². The molecule has 7 nitrogen and oxygen atoms in total. The molecule has 0 aliphatic carbocycles. The van der Waals surface area contributed by atoms with E-state index in [-0.39, 0.29) is 10.8 Å². The summed E-state index contributed by atoms with van der Waals surface area (Å²) in [6.07, 6.45) is 0.306. The van der Waals surface area contributed by atoms with Gasteiger partial charge in [-0.1, -0.05) is 12.1 Å². The fourth-order valence-corrected chi connectivity index (χ4v) is 3.61. The van der Waals surface area contributed by atoms with E-state index in [1.54, 1.807) is 31.4 Å². The molecule has 2 rings (SSSR count). The third-order valence-electron chi connectivity index (χ3n) is 3.55. The lowest BCUT2D eigenvalue weighted by Gasteiger charge is -2.26. The van der Waals surface area contributed by atoms with Gasteiger partial charge in [-0.2, -0.15) is 4.31 Å². The van der Waals surface area contributed by atoms with Crippen molar-refractivity contribution in [3.63, 3.8) is 0 Å². The SMILES string of the molecule is COCCC(=O)NCc1ccc(S(=O)(=O)N2CCOCC2)cc1. The van der Waals surface area contributed by atoms with Gasteiger partial charge < -0.3 is 14.8 Å². The van der Waals surface area contributed by atoms with Crippen molar-refractivity contribution in [2.75, 3.05) is 40.0 Å². The maximum Gasteiger partial charge on any atom is 0.243 e. The Morgan fingerprint density at radius 3 is 2.52 bits per heavy atom. The Bertz CT molecular complexity index is 609. The molecule has 23 heavy (non-hydrogen) atoms. The molecule has 1 aliphatic rings. The predicted octanol–water partition coefficient (Wildman–Crippen LogP) is 0.360. The fraction of sp³-hybridized carbons (Fsp3) is 0.533. The molecule has 0 radical (unpaired) electrons. The zero-order chi connectivity index (χ0) is 16.7. The lowest BCUT2D eigenvalue weighted by molar-refractivity contribution is -0.122. The van der Waals surface area contributed by atoms with Gasteiger partial charge in [0.1, 0.15) is 0 Å². The molecule has 0 saturated carbocycles. The zero-order valence-electron chi connectivity index (χ0n) is 13.2. The summed E-state index contributed by atoms with van der Waals surface area (Å²) in [4.78, 5) is 11.8. The van der Waals surface area contributed by atoms with Crippen molar-refractivity contribution < 1.29 is 22.7 Å². The van der Waals surface area contributed by atoms with Crippen molar-refractivity contribution in [3.05, 3.63) is 29.8 Å². The first-order chi connectivity index (χ1) is 11.0. The topological polar surface area (TPSA) is 84.9 Å². The van der Waals surface area contributed by atoms with Gasteiger partial charge in [-0.25, -0.2) is 8.42 Å². The van der Waals surface area contributed by atoms with Crippen molar-refractivity contribution >= 4 is 15.9 Å². The highest BCUT2D eigenvalue weighted by molar-refractivity contribution is 7.89. The molecule has 8 heteroatoms. The van der Waals surface area contributed by atoms with E-state index in [9.17, 15) is 13.2 Å². The van der Waals surface area contributed by atoms with E-state index in [2.05, 4.69) is 5.32 Å². The molecule has 1 saturated heterocycles. The summed E-state index contributed by atoms with van der Waals surface area (Å²) in [5.74, 6) is -0.100. The maximum atomic E-state index is 12.5. The summed E-state index contributed by atoms with van der Waals surface area (Å²) in [5, 5.41) is 2.76. The molecule has 1 aliphatic heterocycles. The zero-order valence-corrected chi connectivity index (χ0v) is 14.0. The van der Waals surface area contributed by atoms with Crippen LogP contribution in [0.25, 0.3) is 0 Å². The van der Waals surface area contributed by atoms with Crippen molar-refractivity contribution in [1.29, 1.82) is 0 Å². The molecular formula is C15H22N2O5S. The van der Waals surface area contributed by atoms with Gasteiger partial charge in [0, 0.05) is 33.2 Å². The van der Waals surface area contributed by atoms with Gasteiger partial charge in [-0.3, -0.25) is 4.79 Å². The van der Waals surface area contributed by atoms with Crippen LogP contribution >= 0.6 is 0 Å². The summed E-state index contributed by atoms with van der Waals surface area (Å²) >= 11 is 0. The lowest BCUT2D eigenvalue weighted by atomic mass is 10.2. The highest BCUT2D eigenvalue weighted by Crippen LogP contribution is 2.17. The summed E-state index contributed by atoms with van der Waals surface area (Å²) < 4.78 is 36.4. The normalized spacial score (nSPS) is 16.2. The van der Waals surface area contributed by atoms with Gasteiger partial charge in [-0.05, 0) is 17.7 Å². The second-order valence-electron chi connectivity index (χ2n) is 5.18. The molecule has 0 bridgehead atoms. The van der Waals surface area contributed by atoms with Gasteiger partial charge in [0.2, 0.25) is 15.9 Å². The number of hydrogen-bond acceptors (Lipinski definition) is 5. The Morgan fingerprint density at radius 2 is 1.91 bits per heavy atom. The molecule has 0 aromatic heterocycles. The Hall–Kier alpha value is -1.48. The second kappa shape index (κ2) is 8.39. The molecule has 1 amide bonds. The van der Waals surface area contributed by atoms with Crippen LogP contribution in [0.5, 0.6) is 0 Å². The number of rotatable bonds is 7. The Labute approximate surface area is 136 Å². The maximum absolute atomic E-state index is 12.5. The Morgan fingerprint density at radius 1 is 1.26 bits per heavy atom. The van der Waals surface area contributed by atoms with Gasteiger partial charge >= 0.3 is 0 Å². The number of methoxy groups -OCH3 is 1. The van der Waals surface area contributed by atoms with Crippen molar-refractivity contribution in [3.8, 4) is 0 Å². The molecule has 1 heterocycles. The van der Waals surface area contributed by atoms with Crippen molar-refractivity contribution in [2.24, 2.45) is 0 Å². The van der Waals surface area contributed by atoms with E-state index >= 15 is 0 Å². The standard InChI is InChI=1S/C15H22N2O5S/c1-21-9-6-15(18)16-12-13-2-4-14(5-3-13)23(19,20)17-7-10-22-11-8-17/h2-5H,6-12H2,1H3,(H,16,18). The van der Waals surface area contributed by atoms with Gasteiger partial charge in [-0.15, -0.1) is 0 Å². The minimum absolute atomic E-state index is 0.100. The first-order valence-corrected chi connectivity index (χ1v) is 8.90. The molecule has 0 atom stereocenters. The van der Waals surface area contributed by atoms with Crippen LogP contribution in [0.15, 0.2) is 29.2 Å². The van der Waals surface area contributed by atoms with Crippen LogP contribution < -0.4 is 5.32 Å². The monoisotopic (exact) mass is 342 g/mol. The number of nitrogens with one attached hydrogen (secondary N) is 1. The first kappa shape index (κ1) is 17.9. The lowest BCUT2D eigenvalue weighted by Crippen LogP contribution is -2.40. The summed E-state index contributed by atoms with van der Waals surface area (Å²) in [5.41, 5.74) is 0.844. The Balaban J connectivity index is 1.94. The predicted molar refractivity (Wildman–Crippen MR) is 84.4 cm³/mol. The van der Waals surface area contributed by atoms with Crippen molar-refractivity contribution in [2.45, 2.75) is 17.9 Å². The third kappa shape index (κ3) is 5.00. The molecule has 0 spiro atoms. The molecule has 1 N–H and O–H groups in total. The summed E-state index contributed by atoms with van der Waals surface area (Å²) in [6, 6.07) is 6.57. The highest BCUT2D eigenvalue weighted by Gasteiger charge is 2.25. The van der Waals surface area contributed by atoms with E-state index in [0.29, 0.717) is 45.9 Å². The minimum atomic E-state index is -3.47. The number of hydrogen-bond donors (Lipinski definition) is 1. The van der Waals surface area contributed by atoms with Crippen LogP contribution in [0.1, 0.15) is 12.0 Å². The molecule has 128 valence electrons. The molecular weight excluding hydrogens is 320 g/mol. The highest BCUT2D eigenvalue weighted by atomic mass is 32.2. The molecule has 1 aromatic carbocycles. The molecule has 0 unspecified atom stereocenters. The number of carbonyl (C=O) groups is 1. The molecule has 1 fully saturated rings. The minimum Gasteiger partial charge on any atom is -0.384 e. The van der Waals surface area contributed by atoms with E-state index in [4.69, 9.17) is 9.47 Å². The van der Waals surface area contributed by atoms with Crippen LogP contribution in [0, 0.1) is 0 Å².